The van der Waals surface area contributed by atoms with Crippen LogP contribution in [0.25, 0.3) is 76.7 Å². The molecule has 0 spiro atoms. The Morgan fingerprint density at radius 1 is 0.439 bits per heavy atom. The van der Waals surface area contributed by atoms with Gasteiger partial charge in [-0.05, 0) is 64.7 Å². The van der Waals surface area contributed by atoms with Crippen molar-refractivity contribution in [2.75, 3.05) is 0 Å². The highest BCUT2D eigenvalue weighted by molar-refractivity contribution is 6.26. The van der Waals surface area contributed by atoms with Gasteiger partial charge in [0, 0.05) is 43.4 Å². The van der Waals surface area contributed by atoms with E-state index in [4.69, 9.17) is 0 Å². The predicted octanol–water partition coefficient (Wildman–Crippen LogP) is 10.2. The molecule has 0 N–H and O–H groups in total. The molecule has 3 heterocycles. The zero-order valence-electron chi connectivity index (χ0n) is 22.9. The number of aromatic nitrogens is 2. The van der Waals surface area contributed by atoms with Gasteiger partial charge in [-0.15, -0.1) is 0 Å². The molecule has 1 aliphatic carbocycles. The summed E-state index contributed by atoms with van der Waals surface area (Å²) in [6.45, 7) is 4.74. The highest BCUT2D eigenvalue weighted by atomic mass is 15.0. The summed E-state index contributed by atoms with van der Waals surface area (Å²) in [4.78, 5) is 0. The Morgan fingerprint density at radius 2 is 1.10 bits per heavy atom. The zero-order chi connectivity index (χ0) is 27.0. The maximum atomic E-state index is 2.54. The molecule has 0 bridgehead atoms. The quantitative estimate of drug-likeness (QED) is 0.203. The summed E-state index contributed by atoms with van der Waals surface area (Å²) in [6.07, 6.45) is 0. The average Bonchev–Trinajstić information content (AvgIpc) is 3.69. The first-order chi connectivity index (χ1) is 20.1. The van der Waals surface area contributed by atoms with Crippen molar-refractivity contribution in [1.29, 1.82) is 0 Å². The first-order valence-electron chi connectivity index (χ1n) is 14.5. The van der Waals surface area contributed by atoms with Crippen molar-refractivity contribution < 1.29 is 0 Å². The fourth-order valence-corrected chi connectivity index (χ4v) is 7.99. The Hall–Kier alpha value is -5.08. The lowest BCUT2D eigenvalue weighted by atomic mass is 9.82. The second-order valence-electron chi connectivity index (χ2n) is 12.2. The molecule has 2 heteroatoms. The molecule has 0 saturated carbocycles. The van der Waals surface area contributed by atoms with Crippen molar-refractivity contribution in [2.24, 2.45) is 0 Å². The molecule has 9 aromatic rings. The molecule has 3 aromatic heterocycles. The minimum atomic E-state index is -0.0369. The topological polar surface area (TPSA) is 9.34 Å². The summed E-state index contributed by atoms with van der Waals surface area (Å²) in [5, 5.41) is 7.90. The molecule has 10 rings (SSSR count). The summed E-state index contributed by atoms with van der Waals surface area (Å²) in [5.74, 6) is 0. The fraction of sp³-hybridized carbons (Fsp3) is 0.0769. The minimum Gasteiger partial charge on any atom is -0.309 e. The van der Waals surface area contributed by atoms with Crippen LogP contribution in [0.1, 0.15) is 25.0 Å². The van der Waals surface area contributed by atoms with Crippen molar-refractivity contribution >= 4 is 59.9 Å². The lowest BCUT2D eigenvalue weighted by Gasteiger charge is -2.21. The molecule has 0 saturated heterocycles. The van der Waals surface area contributed by atoms with Crippen LogP contribution in [-0.2, 0) is 5.41 Å². The fourth-order valence-electron chi connectivity index (χ4n) is 7.99. The van der Waals surface area contributed by atoms with Crippen molar-refractivity contribution in [3.63, 3.8) is 0 Å². The first kappa shape index (κ1) is 21.7. The maximum Gasteiger partial charge on any atom is 0.0620 e. The molecule has 0 unspecified atom stereocenters. The molecule has 41 heavy (non-hydrogen) atoms. The normalized spacial score (nSPS) is 14.3. The van der Waals surface area contributed by atoms with Crippen molar-refractivity contribution in [3.05, 3.63) is 132 Å². The molecule has 2 nitrogen and oxygen atoms in total. The van der Waals surface area contributed by atoms with Gasteiger partial charge in [0.1, 0.15) is 0 Å². The van der Waals surface area contributed by atoms with E-state index in [1.165, 1.54) is 87.8 Å². The van der Waals surface area contributed by atoms with Gasteiger partial charge in [0.05, 0.1) is 27.6 Å². The highest BCUT2D eigenvalue weighted by Gasteiger charge is 2.36. The molecular formula is C39H26N2. The van der Waals surface area contributed by atoms with Gasteiger partial charge in [-0.25, -0.2) is 0 Å². The Bertz CT molecular complexity index is 2540. The van der Waals surface area contributed by atoms with Gasteiger partial charge in [0.2, 0.25) is 0 Å². The molecule has 0 fully saturated rings. The summed E-state index contributed by atoms with van der Waals surface area (Å²) in [6, 6.07) is 45.2. The lowest BCUT2D eigenvalue weighted by molar-refractivity contribution is 0.661. The van der Waals surface area contributed by atoms with Gasteiger partial charge in [0.25, 0.3) is 0 Å². The third-order valence-electron chi connectivity index (χ3n) is 9.83. The third-order valence-corrected chi connectivity index (χ3v) is 9.83. The molecule has 6 aromatic carbocycles. The van der Waals surface area contributed by atoms with Crippen LogP contribution in [-0.4, -0.2) is 8.97 Å². The van der Waals surface area contributed by atoms with Crippen LogP contribution in [0.15, 0.2) is 121 Å². The molecule has 1 aliphatic rings. The summed E-state index contributed by atoms with van der Waals surface area (Å²) < 4.78 is 4.97. The molecule has 0 radical (unpaired) electrons. The monoisotopic (exact) mass is 522 g/mol. The van der Waals surface area contributed by atoms with Gasteiger partial charge < -0.3 is 8.97 Å². The standard InChI is InChI=1S/C39H26N2/c1-39(2)32-17-8-6-13-24(32)28-19-30-26-15-10-16-27-31-20-29-25-14-7-9-18-34(25)40(23-11-4-3-5-12-23)36(29)22-37(31)41(38(26)27)35(30)21-33(28)39/h3-22H,1-2H3. The predicted molar refractivity (Wildman–Crippen MR) is 173 cm³/mol. The highest BCUT2D eigenvalue weighted by Crippen LogP contribution is 2.51. The van der Waals surface area contributed by atoms with Gasteiger partial charge in [-0.1, -0.05) is 92.7 Å². The molecule has 0 atom stereocenters. The molecular weight excluding hydrogens is 496 g/mol. The summed E-state index contributed by atoms with van der Waals surface area (Å²) in [5.41, 5.74) is 13.1. The van der Waals surface area contributed by atoms with Crippen LogP contribution >= 0.6 is 0 Å². The van der Waals surface area contributed by atoms with Crippen molar-refractivity contribution in [2.45, 2.75) is 19.3 Å². The zero-order valence-corrected chi connectivity index (χ0v) is 22.9. The number of rotatable bonds is 1. The number of hydrogen-bond donors (Lipinski definition) is 0. The number of para-hydroxylation sites is 3. The van der Waals surface area contributed by atoms with Gasteiger partial charge >= 0.3 is 0 Å². The van der Waals surface area contributed by atoms with Crippen molar-refractivity contribution in [3.8, 4) is 16.8 Å². The summed E-state index contributed by atoms with van der Waals surface area (Å²) in [7, 11) is 0. The van der Waals surface area contributed by atoms with Crippen LogP contribution < -0.4 is 0 Å². The SMILES string of the molecule is CC1(C)c2ccccc2-c2cc3c4cccc5c6cc7c8ccccc8n(-c8ccccc8)c7cc6n(c3cc21)c45. The van der Waals surface area contributed by atoms with E-state index in [-0.39, 0.29) is 5.41 Å². The Labute approximate surface area is 237 Å². The van der Waals surface area contributed by atoms with Crippen LogP contribution in [0.4, 0.5) is 0 Å². The Kier molecular flexibility index (Phi) is 3.79. The second-order valence-corrected chi connectivity index (χ2v) is 12.2. The van der Waals surface area contributed by atoms with Gasteiger partial charge in [-0.2, -0.15) is 0 Å². The van der Waals surface area contributed by atoms with Gasteiger partial charge in [0.15, 0.2) is 0 Å². The number of benzene rings is 6. The van der Waals surface area contributed by atoms with Crippen LogP contribution in [0.5, 0.6) is 0 Å². The van der Waals surface area contributed by atoms with E-state index in [9.17, 15) is 0 Å². The van der Waals surface area contributed by atoms with E-state index in [0.717, 1.165) is 0 Å². The van der Waals surface area contributed by atoms with E-state index >= 15 is 0 Å². The third kappa shape index (κ3) is 2.50. The molecule has 192 valence electrons. The maximum absolute atomic E-state index is 2.54. The number of hydrogen-bond acceptors (Lipinski definition) is 0. The van der Waals surface area contributed by atoms with Gasteiger partial charge in [-0.3, -0.25) is 0 Å². The first-order valence-corrected chi connectivity index (χ1v) is 14.5. The van der Waals surface area contributed by atoms with Crippen LogP contribution in [0.3, 0.4) is 0 Å². The average molecular weight is 523 g/mol. The van der Waals surface area contributed by atoms with E-state index < -0.39 is 0 Å². The molecule has 0 amide bonds. The van der Waals surface area contributed by atoms with Crippen molar-refractivity contribution in [1.82, 2.24) is 8.97 Å². The lowest BCUT2D eigenvalue weighted by Crippen LogP contribution is -2.14. The second kappa shape index (κ2) is 7.16. The minimum absolute atomic E-state index is 0.0369. The Morgan fingerprint density at radius 3 is 1.95 bits per heavy atom. The number of fused-ring (bicyclic) bond motifs is 12. The smallest absolute Gasteiger partial charge is 0.0620 e. The molecule has 0 aliphatic heterocycles. The van der Waals surface area contributed by atoms with E-state index in [0.29, 0.717) is 0 Å². The Balaban J connectivity index is 1.40. The summed E-state index contributed by atoms with van der Waals surface area (Å²) >= 11 is 0. The van der Waals surface area contributed by atoms with Crippen LogP contribution in [0.2, 0.25) is 0 Å². The van der Waals surface area contributed by atoms with E-state index in [1.54, 1.807) is 0 Å². The van der Waals surface area contributed by atoms with E-state index in [1.807, 2.05) is 0 Å². The largest absolute Gasteiger partial charge is 0.309 e. The van der Waals surface area contributed by atoms with E-state index in [2.05, 4.69) is 144 Å². The van der Waals surface area contributed by atoms with Crippen LogP contribution in [0, 0.1) is 0 Å². The number of nitrogens with zero attached hydrogens (tertiary/aromatic N) is 2.